The summed E-state index contributed by atoms with van der Waals surface area (Å²) in [6, 6.07) is 11.4. The molecule has 0 saturated heterocycles. The second-order valence-electron chi connectivity index (χ2n) is 5.59. The van der Waals surface area contributed by atoms with E-state index in [2.05, 4.69) is 5.32 Å². The van der Waals surface area contributed by atoms with Gasteiger partial charge in [0.15, 0.2) is 0 Å². The number of hydrogen-bond acceptors (Lipinski definition) is 4. The maximum Gasteiger partial charge on any atom is 0.251 e. The minimum atomic E-state index is -0.178. The Morgan fingerprint density at radius 1 is 1.04 bits per heavy atom. The van der Waals surface area contributed by atoms with Crippen molar-refractivity contribution >= 4 is 5.91 Å². The highest BCUT2D eigenvalue weighted by Gasteiger charge is 2.14. The lowest BCUT2D eigenvalue weighted by Crippen LogP contribution is -2.23. The molecule has 0 bridgehead atoms. The average Bonchev–Trinajstić information content (AvgIpc) is 2.65. The summed E-state index contributed by atoms with van der Waals surface area (Å²) in [7, 11) is 3.15. The van der Waals surface area contributed by atoms with E-state index in [9.17, 15) is 4.79 Å². The van der Waals surface area contributed by atoms with E-state index in [0.717, 1.165) is 16.7 Å². The van der Waals surface area contributed by atoms with E-state index in [1.165, 1.54) is 0 Å². The molecule has 1 N–H and O–H groups in total. The molecule has 0 spiro atoms. The van der Waals surface area contributed by atoms with Gasteiger partial charge < -0.3 is 19.5 Å². The number of carbonyl (C=O) groups excluding carboxylic acids is 1. The summed E-state index contributed by atoms with van der Waals surface area (Å²) in [6.45, 7) is 5.48. The van der Waals surface area contributed by atoms with Crippen LogP contribution in [-0.2, 0) is 17.9 Å². The molecule has 0 radical (unpaired) electrons. The summed E-state index contributed by atoms with van der Waals surface area (Å²) in [5.41, 5.74) is 3.48. The number of benzene rings is 2. The van der Waals surface area contributed by atoms with Crippen molar-refractivity contribution in [3.8, 4) is 11.5 Å². The minimum absolute atomic E-state index is 0.178. The van der Waals surface area contributed by atoms with Crippen LogP contribution in [0.2, 0.25) is 0 Å². The Morgan fingerprint density at radius 3 is 2.20 bits per heavy atom. The van der Waals surface area contributed by atoms with Crippen molar-refractivity contribution in [1.29, 1.82) is 0 Å². The molecular weight excluding hydrogens is 318 g/mol. The molecular formula is C20H25NO4. The second-order valence-corrected chi connectivity index (χ2v) is 5.59. The highest BCUT2D eigenvalue weighted by Crippen LogP contribution is 2.29. The molecule has 0 atom stereocenters. The Bertz CT molecular complexity index is 702. The summed E-state index contributed by atoms with van der Waals surface area (Å²) in [4.78, 5) is 12.5. The molecule has 0 aliphatic heterocycles. The Kier molecular flexibility index (Phi) is 6.83. The van der Waals surface area contributed by atoms with Crippen LogP contribution in [0.15, 0.2) is 36.4 Å². The number of rotatable bonds is 8. The van der Waals surface area contributed by atoms with E-state index < -0.39 is 0 Å². The molecule has 2 aromatic carbocycles. The van der Waals surface area contributed by atoms with Gasteiger partial charge in [0.2, 0.25) is 0 Å². The van der Waals surface area contributed by atoms with Crippen molar-refractivity contribution < 1.29 is 19.0 Å². The Balaban J connectivity index is 2.13. The zero-order valence-corrected chi connectivity index (χ0v) is 15.2. The third-order valence-electron chi connectivity index (χ3n) is 4.03. The first kappa shape index (κ1) is 18.8. The molecule has 0 heterocycles. The van der Waals surface area contributed by atoms with Crippen LogP contribution in [0.25, 0.3) is 0 Å². The molecule has 5 nitrogen and oxygen atoms in total. The van der Waals surface area contributed by atoms with Crippen LogP contribution < -0.4 is 14.8 Å². The Labute approximate surface area is 148 Å². The van der Waals surface area contributed by atoms with Crippen molar-refractivity contribution in [2.75, 3.05) is 20.8 Å². The number of ether oxygens (including phenoxy) is 3. The van der Waals surface area contributed by atoms with Gasteiger partial charge in [0, 0.05) is 24.3 Å². The molecule has 0 aliphatic rings. The zero-order valence-electron chi connectivity index (χ0n) is 15.2. The van der Waals surface area contributed by atoms with E-state index in [0.29, 0.717) is 36.8 Å². The fraction of sp³-hybridized carbons (Fsp3) is 0.350. The maximum atomic E-state index is 12.5. The van der Waals surface area contributed by atoms with Gasteiger partial charge in [0.05, 0.1) is 20.8 Å². The lowest BCUT2D eigenvalue weighted by molar-refractivity contribution is 0.0949. The van der Waals surface area contributed by atoms with Gasteiger partial charge in [0.25, 0.3) is 5.91 Å². The standard InChI is InChI=1S/C20H25NO4/c1-5-25-13-16-9-7-6-8-15(16)12-21-20(22)17-10-18(23-3)14(2)19(11-17)24-4/h6-11H,5,12-13H2,1-4H3,(H,21,22). The molecule has 134 valence electrons. The molecule has 0 aromatic heterocycles. The fourth-order valence-electron chi connectivity index (χ4n) is 2.58. The molecule has 2 aromatic rings. The highest BCUT2D eigenvalue weighted by atomic mass is 16.5. The van der Waals surface area contributed by atoms with Crippen LogP contribution in [0.5, 0.6) is 11.5 Å². The van der Waals surface area contributed by atoms with Gasteiger partial charge in [0.1, 0.15) is 11.5 Å². The first-order valence-corrected chi connectivity index (χ1v) is 8.26. The van der Waals surface area contributed by atoms with E-state index in [1.807, 2.05) is 38.1 Å². The topological polar surface area (TPSA) is 56.8 Å². The van der Waals surface area contributed by atoms with Gasteiger partial charge in [-0.15, -0.1) is 0 Å². The molecule has 1 amide bonds. The highest BCUT2D eigenvalue weighted by molar-refractivity contribution is 5.95. The largest absolute Gasteiger partial charge is 0.496 e. The van der Waals surface area contributed by atoms with Crippen molar-refractivity contribution in [3.63, 3.8) is 0 Å². The van der Waals surface area contributed by atoms with Gasteiger partial charge in [-0.3, -0.25) is 4.79 Å². The van der Waals surface area contributed by atoms with Crippen LogP contribution in [0.1, 0.15) is 34.0 Å². The van der Waals surface area contributed by atoms with Crippen LogP contribution in [-0.4, -0.2) is 26.7 Å². The molecule has 0 unspecified atom stereocenters. The lowest BCUT2D eigenvalue weighted by atomic mass is 10.1. The van der Waals surface area contributed by atoms with Crippen molar-refractivity contribution in [2.45, 2.75) is 27.0 Å². The number of amides is 1. The second kappa shape index (κ2) is 9.08. The minimum Gasteiger partial charge on any atom is -0.496 e. The van der Waals surface area contributed by atoms with Gasteiger partial charge in [-0.1, -0.05) is 24.3 Å². The smallest absolute Gasteiger partial charge is 0.251 e. The molecule has 0 saturated carbocycles. The van der Waals surface area contributed by atoms with Crippen molar-refractivity contribution in [1.82, 2.24) is 5.32 Å². The first-order valence-electron chi connectivity index (χ1n) is 8.26. The van der Waals surface area contributed by atoms with E-state index >= 15 is 0 Å². The SMILES string of the molecule is CCOCc1ccccc1CNC(=O)c1cc(OC)c(C)c(OC)c1. The first-order chi connectivity index (χ1) is 12.1. The van der Waals surface area contributed by atoms with Gasteiger partial charge in [-0.05, 0) is 37.1 Å². The third-order valence-corrected chi connectivity index (χ3v) is 4.03. The summed E-state index contributed by atoms with van der Waals surface area (Å²) in [6.07, 6.45) is 0. The monoisotopic (exact) mass is 343 g/mol. The summed E-state index contributed by atoms with van der Waals surface area (Å²) < 4.78 is 16.1. The Morgan fingerprint density at radius 2 is 1.64 bits per heavy atom. The number of carbonyl (C=O) groups is 1. The summed E-state index contributed by atoms with van der Waals surface area (Å²) in [5.74, 6) is 1.07. The van der Waals surface area contributed by atoms with Gasteiger partial charge in [-0.25, -0.2) is 0 Å². The quantitative estimate of drug-likeness (QED) is 0.797. The predicted molar refractivity (Wildman–Crippen MR) is 97.2 cm³/mol. The number of nitrogens with one attached hydrogen (secondary N) is 1. The van der Waals surface area contributed by atoms with E-state index in [-0.39, 0.29) is 5.91 Å². The fourth-order valence-corrected chi connectivity index (χ4v) is 2.58. The molecule has 25 heavy (non-hydrogen) atoms. The molecule has 0 fully saturated rings. The van der Waals surface area contributed by atoms with Gasteiger partial charge in [-0.2, -0.15) is 0 Å². The van der Waals surface area contributed by atoms with E-state index in [1.54, 1.807) is 26.4 Å². The summed E-state index contributed by atoms with van der Waals surface area (Å²) >= 11 is 0. The molecule has 5 heteroatoms. The average molecular weight is 343 g/mol. The van der Waals surface area contributed by atoms with Gasteiger partial charge >= 0.3 is 0 Å². The number of methoxy groups -OCH3 is 2. The van der Waals surface area contributed by atoms with Crippen LogP contribution in [0, 0.1) is 6.92 Å². The van der Waals surface area contributed by atoms with Crippen LogP contribution in [0.3, 0.4) is 0 Å². The maximum absolute atomic E-state index is 12.5. The van der Waals surface area contributed by atoms with Crippen LogP contribution >= 0.6 is 0 Å². The molecule has 2 rings (SSSR count). The Hall–Kier alpha value is -2.53. The van der Waals surface area contributed by atoms with Crippen molar-refractivity contribution in [2.24, 2.45) is 0 Å². The lowest BCUT2D eigenvalue weighted by Gasteiger charge is -2.14. The molecule has 0 aliphatic carbocycles. The van der Waals surface area contributed by atoms with Crippen LogP contribution in [0.4, 0.5) is 0 Å². The third kappa shape index (κ3) is 4.73. The van der Waals surface area contributed by atoms with Crippen molar-refractivity contribution in [3.05, 3.63) is 58.7 Å². The normalized spacial score (nSPS) is 10.4. The predicted octanol–water partition coefficient (Wildman–Crippen LogP) is 3.48. The number of hydrogen-bond donors (Lipinski definition) is 1. The summed E-state index contributed by atoms with van der Waals surface area (Å²) in [5, 5.41) is 2.95. The van der Waals surface area contributed by atoms with E-state index in [4.69, 9.17) is 14.2 Å². The zero-order chi connectivity index (χ0) is 18.2.